The first-order chi connectivity index (χ1) is 18.4. The van der Waals surface area contributed by atoms with E-state index >= 15 is 0 Å². The number of anilines is 1. The Labute approximate surface area is 221 Å². The highest BCUT2D eigenvalue weighted by Gasteiger charge is 2.48. The number of methoxy groups -OCH3 is 1. The third-order valence-corrected chi connectivity index (χ3v) is 9.40. The number of benzene rings is 3. The Morgan fingerprint density at radius 1 is 0.842 bits per heavy atom. The fourth-order valence-corrected chi connectivity index (χ4v) is 6.78. The van der Waals surface area contributed by atoms with Gasteiger partial charge in [0, 0.05) is 38.3 Å². The molecule has 3 aromatic rings. The fourth-order valence-electron chi connectivity index (χ4n) is 4.40. The van der Waals surface area contributed by atoms with Crippen LogP contribution in [0.15, 0.2) is 84.9 Å². The number of ether oxygens (including phenoxy) is 1. The van der Waals surface area contributed by atoms with E-state index in [1.807, 2.05) is 51.8 Å². The van der Waals surface area contributed by atoms with Crippen LogP contribution in [0.3, 0.4) is 0 Å². The summed E-state index contributed by atoms with van der Waals surface area (Å²) in [4.78, 5) is 39.4. The van der Waals surface area contributed by atoms with E-state index in [0.717, 1.165) is 31.1 Å². The Bertz CT molecular complexity index is 1310. The van der Waals surface area contributed by atoms with E-state index in [9.17, 15) is 18.9 Å². The molecular weight excluding hydrogens is 503 g/mol. The second-order valence-corrected chi connectivity index (χ2v) is 11.6. The molecule has 2 amide bonds. The molecule has 0 radical (unpaired) electrons. The summed E-state index contributed by atoms with van der Waals surface area (Å²) in [6.07, 6.45) is 0.0887. The zero-order chi connectivity index (χ0) is 26.7. The average molecular weight is 533 g/mol. The lowest BCUT2D eigenvalue weighted by atomic mass is 10.0. The Balaban J connectivity index is 0.000000433. The lowest BCUT2D eigenvalue weighted by Gasteiger charge is -2.25. The first kappa shape index (κ1) is 25.9. The molecule has 9 nitrogen and oxygen atoms in total. The number of carbonyl (C=O) groups excluding carboxylic acids is 3. The average Bonchev–Trinajstić information content (AvgIpc) is 3.86. The van der Waals surface area contributed by atoms with E-state index in [2.05, 4.69) is 5.09 Å². The molecule has 0 aromatic heterocycles. The van der Waals surface area contributed by atoms with Crippen LogP contribution in [0.25, 0.3) is 0 Å². The minimum absolute atomic E-state index is 0.0887. The summed E-state index contributed by atoms with van der Waals surface area (Å²) in [7, 11) is -1.58. The molecule has 1 N–H and O–H groups in total. The van der Waals surface area contributed by atoms with Crippen molar-refractivity contribution in [1.29, 1.82) is 0 Å². The number of hydrogen-bond acceptors (Lipinski definition) is 5. The Kier molecular flexibility index (Phi) is 7.42. The Morgan fingerprint density at radius 2 is 1.37 bits per heavy atom. The van der Waals surface area contributed by atoms with Crippen molar-refractivity contribution >= 4 is 31.1 Å². The summed E-state index contributed by atoms with van der Waals surface area (Å²) in [6, 6.07) is 24.6. The van der Waals surface area contributed by atoms with Crippen molar-refractivity contribution < 1.29 is 23.7 Å². The quantitative estimate of drug-likeness (QED) is 0.202. The fraction of sp³-hybridized carbons (Fsp3) is 0.250. The maximum atomic E-state index is 13.4. The van der Waals surface area contributed by atoms with Crippen LogP contribution in [0, 0.1) is 0 Å². The topological polar surface area (TPSA) is 98.8 Å². The zero-order valence-electron chi connectivity index (χ0n) is 21.0. The van der Waals surface area contributed by atoms with Crippen LogP contribution in [0.1, 0.15) is 26.3 Å². The smallest absolute Gasteiger partial charge is 0.329 e. The second kappa shape index (κ2) is 10.9. The van der Waals surface area contributed by atoms with Crippen molar-refractivity contribution in [2.24, 2.45) is 0 Å². The maximum absolute atomic E-state index is 13.4. The molecule has 2 saturated heterocycles. The molecule has 38 heavy (non-hydrogen) atoms. The number of imide groups is 1. The van der Waals surface area contributed by atoms with Crippen LogP contribution >= 0.6 is 7.59 Å². The van der Waals surface area contributed by atoms with Crippen LogP contribution < -0.4 is 5.09 Å². The van der Waals surface area contributed by atoms with Crippen LogP contribution in [0.2, 0.25) is 0 Å². The molecule has 0 saturated carbocycles. The van der Waals surface area contributed by atoms with Crippen LogP contribution in [-0.2, 0) is 20.5 Å². The van der Waals surface area contributed by atoms with E-state index in [-0.39, 0.29) is 17.5 Å². The zero-order valence-corrected chi connectivity index (χ0v) is 21.9. The first-order valence-electron chi connectivity index (χ1n) is 12.5. The molecule has 0 bridgehead atoms. The van der Waals surface area contributed by atoms with E-state index in [1.54, 1.807) is 42.5 Å². The van der Waals surface area contributed by atoms with Gasteiger partial charge in [0.2, 0.25) is 0 Å². The molecule has 3 aliphatic rings. The monoisotopic (exact) mass is 532 g/mol. The van der Waals surface area contributed by atoms with Crippen LogP contribution in [0.5, 0.6) is 0 Å². The molecule has 1 atom stereocenters. The minimum Gasteiger partial charge on any atom is -0.467 e. The number of amides is 2. The van der Waals surface area contributed by atoms with Gasteiger partial charge in [-0.1, -0.05) is 60.7 Å². The highest BCUT2D eigenvalue weighted by molar-refractivity contribution is 7.61. The Hall–Kier alpha value is -3.78. The van der Waals surface area contributed by atoms with E-state index in [1.165, 1.54) is 7.11 Å². The number of nitrogens with zero attached hydrogens (tertiary/aromatic N) is 3. The second-order valence-electron chi connectivity index (χ2n) is 9.19. The van der Waals surface area contributed by atoms with Crippen LogP contribution in [-0.4, -0.2) is 71.4 Å². The van der Waals surface area contributed by atoms with Crippen molar-refractivity contribution in [3.8, 4) is 0 Å². The van der Waals surface area contributed by atoms with Gasteiger partial charge >= 0.3 is 13.6 Å². The van der Waals surface area contributed by atoms with E-state index < -0.39 is 31.4 Å². The number of esters is 1. The third kappa shape index (κ3) is 5.41. The molecule has 3 aromatic carbocycles. The van der Waals surface area contributed by atoms with Crippen molar-refractivity contribution in [2.45, 2.75) is 12.5 Å². The summed E-state index contributed by atoms with van der Waals surface area (Å²) in [5.41, 5.74) is 1.93. The van der Waals surface area contributed by atoms with Crippen molar-refractivity contribution in [2.75, 3.05) is 38.4 Å². The summed E-state index contributed by atoms with van der Waals surface area (Å²) in [5, 5.41) is 3.18. The molecule has 0 aliphatic carbocycles. The standard InChI is InChI=1S/C22H23N4O5P.C6H6/c1-31-22(29)19(26-20(27)17-7-2-3-8-18(17)21(26)28)14-15-5-4-6-16(13-15)23-32(30,24-9-10-24)25-11-12-25;1-2-4-6-5-3-1/h2-8,13,19H,9-12,14H2,1H3,(H,23,30);1-6H. The summed E-state index contributed by atoms with van der Waals surface area (Å²) in [5.74, 6) is -1.69. The summed E-state index contributed by atoms with van der Waals surface area (Å²) in [6.45, 7) is 3.19. The lowest BCUT2D eigenvalue weighted by molar-refractivity contribution is -0.145. The van der Waals surface area contributed by atoms with Crippen molar-refractivity contribution in [3.63, 3.8) is 0 Å². The highest BCUT2D eigenvalue weighted by atomic mass is 31.2. The van der Waals surface area contributed by atoms with E-state index in [0.29, 0.717) is 11.3 Å². The number of nitrogens with one attached hydrogen (secondary N) is 1. The number of rotatable bonds is 8. The minimum atomic E-state index is -2.82. The van der Waals surface area contributed by atoms with Gasteiger partial charge in [-0.3, -0.25) is 19.1 Å². The molecule has 196 valence electrons. The highest BCUT2D eigenvalue weighted by Crippen LogP contribution is 2.59. The third-order valence-electron chi connectivity index (χ3n) is 6.52. The van der Waals surface area contributed by atoms with Crippen molar-refractivity contribution in [3.05, 3.63) is 102 Å². The SMILES string of the molecule is COC(=O)C(Cc1cccc(NP(=O)(N2CC2)N2CC2)c1)N1C(=O)c2ccccc2C1=O.c1ccccc1. The summed E-state index contributed by atoms with van der Waals surface area (Å²) < 4.78 is 22.1. The Morgan fingerprint density at radius 3 is 1.84 bits per heavy atom. The van der Waals surface area contributed by atoms with Crippen LogP contribution in [0.4, 0.5) is 5.69 Å². The number of hydrogen-bond donors (Lipinski definition) is 1. The molecule has 0 spiro atoms. The van der Waals surface area contributed by atoms with Gasteiger partial charge < -0.3 is 9.82 Å². The predicted octanol–water partition coefficient (Wildman–Crippen LogP) is 3.90. The summed E-state index contributed by atoms with van der Waals surface area (Å²) >= 11 is 0. The van der Waals surface area contributed by atoms with Gasteiger partial charge in [-0.2, -0.15) is 0 Å². The van der Waals surface area contributed by atoms with Gasteiger partial charge in [-0.25, -0.2) is 14.1 Å². The van der Waals surface area contributed by atoms with Gasteiger partial charge in [-0.05, 0) is 29.8 Å². The number of carbonyl (C=O) groups is 3. The van der Waals surface area contributed by atoms with Crippen molar-refractivity contribution in [1.82, 2.24) is 14.2 Å². The largest absolute Gasteiger partial charge is 0.467 e. The molecule has 2 fully saturated rings. The van der Waals surface area contributed by atoms with Gasteiger partial charge in [0.05, 0.1) is 18.2 Å². The maximum Gasteiger partial charge on any atom is 0.329 e. The van der Waals surface area contributed by atoms with E-state index in [4.69, 9.17) is 4.74 Å². The molecular formula is C28H29N4O5P. The molecule has 3 aliphatic heterocycles. The lowest BCUT2D eigenvalue weighted by Crippen LogP contribution is -2.46. The first-order valence-corrected chi connectivity index (χ1v) is 14.1. The molecule has 10 heteroatoms. The van der Waals surface area contributed by atoms with Gasteiger partial charge in [0.15, 0.2) is 0 Å². The van der Waals surface area contributed by atoms with Gasteiger partial charge in [-0.15, -0.1) is 0 Å². The van der Waals surface area contributed by atoms with Gasteiger partial charge in [0.1, 0.15) is 6.04 Å². The molecule has 1 unspecified atom stereocenters. The normalized spacial score (nSPS) is 17.2. The molecule has 3 heterocycles. The van der Waals surface area contributed by atoms with Gasteiger partial charge in [0.25, 0.3) is 11.8 Å². The predicted molar refractivity (Wildman–Crippen MR) is 144 cm³/mol. The molecule has 6 rings (SSSR count). The number of fused-ring (bicyclic) bond motifs is 1.